The Morgan fingerprint density at radius 2 is 2.06 bits per heavy atom. The zero-order valence-corrected chi connectivity index (χ0v) is 11.8. The number of carbonyl (C=O) groups is 1. The average Bonchev–Trinajstić information content (AvgIpc) is 2.58. The van der Waals surface area contributed by atoms with E-state index in [-0.39, 0.29) is 6.42 Å². The molecular weight excluding hydrogens is 256 g/mol. The fraction of sp³-hybridized carbons (Fsp3) is 0.636. The summed E-state index contributed by atoms with van der Waals surface area (Å²) >= 11 is 0. The highest BCUT2D eigenvalue weighted by atomic mass is 32.2. The Bertz CT molecular complexity index is 514. The van der Waals surface area contributed by atoms with Gasteiger partial charge in [0.25, 0.3) is 0 Å². The van der Waals surface area contributed by atoms with E-state index >= 15 is 0 Å². The summed E-state index contributed by atoms with van der Waals surface area (Å²) in [5.74, 6) is -0.0340. The van der Waals surface area contributed by atoms with Gasteiger partial charge in [-0.25, -0.2) is 8.42 Å². The molecule has 0 aromatic carbocycles. The van der Waals surface area contributed by atoms with Gasteiger partial charge in [0.1, 0.15) is 5.76 Å². The van der Waals surface area contributed by atoms with E-state index in [2.05, 4.69) is 9.88 Å². The maximum absolute atomic E-state index is 11.7. The van der Waals surface area contributed by atoms with Crippen molar-refractivity contribution in [3.8, 4) is 0 Å². The summed E-state index contributed by atoms with van der Waals surface area (Å²) in [5, 5.41) is 3.12. The molecule has 102 valence electrons. The van der Waals surface area contributed by atoms with Gasteiger partial charge < -0.3 is 4.52 Å². The third kappa shape index (κ3) is 3.32. The molecule has 0 spiro atoms. The summed E-state index contributed by atoms with van der Waals surface area (Å²) in [6.45, 7) is 6.71. The van der Waals surface area contributed by atoms with Gasteiger partial charge in [0.15, 0.2) is 0 Å². The number of sulfonamides is 1. The van der Waals surface area contributed by atoms with Crippen molar-refractivity contribution in [2.45, 2.75) is 45.8 Å². The predicted octanol–water partition coefficient (Wildman–Crippen LogP) is 1.08. The second-order valence-electron chi connectivity index (χ2n) is 4.27. The van der Waals surface area contributed by atoms with Crippen molar-refractivity contribution in [2.24, 2.45) is 0 Å². The Kier molecular flexibility index (Phi) is 4.50. The number of nitrogens with zero attached hydrogens (tertiary/aromatic N) is 1. The fourth-order valence-corrected chi connectivity index (χ4v) is 2.46. The molecule has 1 atom stereocenters. The summed E-state index contributed by atoms with van der Waals surface area (Å²) in [6, 6.07) is 0. The molecule has 1 N–H and O–H groups in total. The van der Waals surface area contributed by atoms with Crippen molar-refractivity contribution in [2.75, 3.05) is 0 Å². The maximum atomic E-state index is 11.7. The minimum atomic E-state index is -3.59. The van der Waals surface area contributed by atoms with Crippen LogP contribution in [-0.2, 0) is 21.2 Å². The molecule has 0 saturated carbocycles. The van der Waals surface area contributed by atoms with Crippen LogP contribution >= 0.6 is 0 Å². The molecule has 1 aromatic rings. The molecule has 1 heterocycles. The first-order valence-corrected chi connectivity index (χ1v) is 7.28. The predicted molar refractivity (Wildman–Crippen MR) is 66.5 cm³/mol. The number of amides is 1. The van der Waals surface area contributed by atoms with Crippen LogP contribution in [0.4, 0.5) is 0 Å². The van der Waals surface area contributed by atoms with Gasteiger partial charge in [0, 0.05) is 5.56 Å². The lowest BCUT2D eigenvalue weighted by Crippen LogP contribution is -2.37. The lowest BCUT2D eigenvalue weighted by molar-refractivity contribution is -0.118. The van der Waals surface area contributed by atoms with E-state index in [1.54, 1.807) is 27.7 Å². The van der Waals surface area contributed by atoms with E-state index in [0.29, 0.717) is 23.4 Å². The quantitative estimate of drug-likeness (QED) is 0.867. The number of carbonyl (C=O) groups excluding carboxylic acids is 1. The van der Waals surface area contributed by atoms with E-state index in [1.165, 1.54) is 0 Å². The van der Waals surface area contributed by atoms with Crippen LogP contribution in [0.1, 0.15) is 37.3 Å². The van der Waals surface area contributed by atoms with Crippen molar-refractivity contribution in [1.82, 2.24) is 9.88 Å². The van der Waals surface area contributed by atoms with Crippen LogP contribution < -0.4 is 4.72 Å². The van der Waals surface area contributed by atoms with Gasteiger partial charge >= 0.3 is 0 Å². The van der Waals surface area contributed by atoms with E-state index < -0.39 is 21.2 Å². The van der Waals surface area contributed by atoms with Gasteiger partial charge in [-0.15, -0.1) is 0 Å². The summed E-state index contributed by atoms with van der Waals surface area (Å²) in [7, 11) is -3.59. The molecule has 0 unspecified atom stereocenters. The van der Waals surface area contributed by atoms with E-state index in [0.717, 1.165) is 0 Å². The minimum absolute atomic E-state index is 0.0448. The number of rotatable bonds is 5. The Hall–Kier alpha value is -1.37. The monoisotopic (exact) mass is 274 g/mol. The summed E-state index contributed by atoms with van der Waals surface area (Å²) in [4.78, 5) is 11.7. The molecule has 1 aromatic heterocycles. The topological polar surface area (TPSA) is 89.3 Å². The van der Waals surface area contributed by atoms with Crippen molar-refractivity contribution in [1.29, 1.82) is 0 Å². The molecule has 7 heteroatoms. The average molecular weight is 274 g/mol. The van der Waals surface area contributed by atoms with Gasteiger partial charge in [-0.05, 0) is 27.2 Å². The molecule has 1 rings (SSSR count). The maximum Gasteiger partial charge on any atom is 0.238 e. The van der Waals surface area contributed by atoms with Crippen LogP contribution in [0, 0.1) is 13.8 Å². The molecule has 1 amide bonds. The minimum Gasteiger partial charge on any atom is -0.361 e. The van der Waals surface area contributed by atoms with Gasteiger partial charge in [-0.1, -0.05) is 12.1 Å². The summed E-state index contributed by atoms with van der Waals surface area (Å²) in [5.41, 5.74) is 1.23. The first-order chi connectivity index (χ1) is 8.27. The van der Waals surface area contributed by atoms with Crippen LogP contribution in [0.2, 0.25) is 0 Å². The van der Waals surface area contributed by atoms with Gasteiger partial charge in [0.2, 0.25) is 15.9 Å². The number of nitrogens with one attached hydrogen (secondary N) is 1. The third-order valence-electron chi connectivity index (χ3n) is 2.88. The lowest BCUT2D eigenvalue weighted by atomic mass is 10.1. The Balaban J connectivity index is 2.74. The van der Waals surface area contributed by atoms with Crippen LogP contribution in [0.5, 0.6) is 0 Å². The highest BCUT2D eigenvalue weighted by Crippen LogP contribution is 2.13. The first kappa shape index (κ1) is 14.7. The molecular formula is C11H18N2O4S. The number of hydrogen-bond donors (Lipinski definition) is 1. The molecule has 0 fully saturated rings. The van der Waals surface area contributed by atoms with Crippen molar-refractivity contribution >= 4 is 15.9 Å². The Morgan fingerprint density at radius 1 is 1.44 bits per heavy atom. The fourth-order valence-electron chi connectivity index (χ4n) is 1.43. The third-order valence-corrected chi connectivity index (χ3v) is 4.78. The van der Waals surface area contributed by atoms with Crippen LogP contribution in [-0.4, -0.2) is 24.7 Å². The second kappa shape index (κ2) is 5.51. The zero-order valence-electron chi connectivity index (χ0n) is 11.0. The molecule has 0 saturated heterocycles. The number of aryl methyl sites for hydroxylation is 2. The van der Waals surface area contributed by atoms with Gasteiger partial charge in [0.05, 0.1) is 17.4 Å². The Morgan fingerprint density at radius 3 is 2.50 bits per heavy atom. The second-order valence-corrected chi connectivity index (χ2v) is 6.37. The molecule has 0 radical (unpaired) electrons. The molecule has 6 nitrogen and oxygen atoms in total. The molecule has 0 bridgehead atoms. The van der Waals surface area contributed by atoms with Crippen LogP contribution in [0.3, 0.4) is 0 Å². The molecule has 0 aliphatic heterocycles. The van der Waals surface area contributed by atoms with Crippen LogP contribution in [0.15, 0.2) is 4.52 Å². The van der Waals surface area contributed by atoms with Gasteiger partial charge in [-0.3, -0.25) is 9.52 Å². The highest BCUT2D eigenvalue weighted by Gasteiger charge is 2.22. The van der Waals surface area contributed by atoms with E-state index in [1.807, 2.05) is 0 Å². The van der Waals surface area contributed by atoms with Crippen molar-refractivity contribution in [3.05, 3.63) is 17.0 Å². The van der Waals surface area contributed by atoms with E-state index in [4.69, 9.17) is 4.52 Å². The lowest BCUT2D eigenvalue weighted by Gasteiger charge is -2.11. The van der Waals surface area contributed by atoms with Crippen molar-refractivity contribution < 1.29 is 17.7 Å². The summed E-state index contributed by atoms with van der Waals surface area (Å²) < 4.78 is 30.4. The highest BCUT2D eigenvalue weighted by molar-refractivity contribution is 7.90. The largest absolute Gasteiger partial charge is 0.361 e. The SMILES string of the molecule is CC[C@@H](C)S(=O)(=O)NC(=O)Cc1c(C)noc1C. The number of aromatic nitrogens is 1. The van der Waals surface area contributed by atoms with E-state index in [9.17, 15) is 13.2 Å². The molecule has 0 aliphatic carbocycles. The van der Waals surface area contributed by atoms with Crippen molar-refractivity contribution in [3.63, 3.8) is 0 Å². The zero-order chi connectivity index (χ0) is 13.9. The normalized spacial score (nSPS) is 13.3. The Labute approximate surface area is 107 Å². The van der Waals surface area contributed by atoms with Crippen LogP contribution in [0.25, 0.3) is 0 Å². The first-order valence-electron chi connectivity index (χ1n) is 5.74. The summed E-state index contributed by atoms with van der Waals surface area (Å²) in [6.07, 6.45) is 0.408. The van der Waals surface area contributed by atoms with Gasteiger partial charge in [-0.2, -0.15) is 0 Å². The standard InChI is InChI=1S/C11H18N2O4S/c1-5-7(2)18(15,16)13-11(14)6-10-8(3)12-17-9(10)4/h7H,5-6H2,1-4H3,(H,13,14)/t7-/m1/s1. The smallest absolute Gasteiger partial charge is 0.238 e. The number of hydrogen-bond acceptors (Lipinski definition) is 5. The molecule has 0 aliphatic rings. The molecule has 18 heavy (non-hydrogen) atoms.